The molecular formula is C11H15N5. The van der Waals surface area contributed by atoms with Gasteiger partial charge in [0, 0.05) is 18.8 Å². The molecule has 0 amide bonds. The molecule has 16 heavy (non-hydrogen) atoms. The van der Waals surface area contributed by atoms with E-state index < -0.39 is 0 Å². The molecule has 1 aromatic heterocycles. The maximum Gasteiger partial charge on any atom is 0.223 e. The zero-order chi connectivity index (χ0) is 11.2. The fourth-order valence-corrected chi connectivity index (χ4v) is 1.87. The number of aromatic nitrogens is 2. The van der Waals surface area contributed by atoms with Crippen LogP contribution in [-0.4, -0.2) is 29.1 Å². The smallest absolute Gasteiger partial charge is 0.223 e. The molecule has 1 aromatic rings. The number of nitrogens with zero attached hydrogens (tertiary/aromatic N) is 3. The van der Waals surface area contributed by atoms with E-state index in [0.29, 0.717) is 17.7 Å². The van der Waals surface area contributed by atoms with Gasteiger partial charge in [0.05, 0.1) is 0 Å². The molecule has 2 heterocycles. The van der Waals surface area contributed by atoms with Gasteiger partial charge in [0.15, 0.2) is 0 Å². The van der Waals surface area contributed by atoms with E-state index in [-0.39, 0.29) is 0 Å². The van der Waals surface area contributed by atoms with Gasteiger partial charge in [0.1, 0.15) is 11.8 Å². The summed E-state index contributed by atoms with van der Waals surface area (Å²) < 4.78 is 0. The lowest BCUT2D eigenvalue weighted by molar-refractivity contribution is 0.573. The molecule has 5 heteroatoms. The highest BCUT2D eigenvalue weighted by Crippen LogP contribution is 2.08. The van der Waals surface area contributed by atoms with Crippen molar-refractivity contribution in [2.45, 2.75) is 25.3 Å². The van der Waals surface area contributed by atoms with E-state index in [1.807, 2.05) is 6.07 Å². The van der Waals surface area contributed by atoms with Crippen LogP contribution in [0.25, 0.3) is 0 Å². The SMILES string of the molecule is N#Cc1ccnc(NCCC2CCCN2)n1. The Labute approximate surface area is 94.9 Å². The molecule has 0 spiro atoms. The van der Waals surface area contributed by atoms with E-state index in [9.17, 15) is 0 Å². The van der Waals surface area contributed by atoms with Crippen molar-refractivity contribution in [1.29, 1.82) is 5.26 Å². The molecule has 1 aliphatic rings. The van der Waals surface area contributed by atoms with Crippen LogP contribution in [0.1, 0.15) is 25.0 Å². The fraction of sp³-hybridized carbons (Fsp3) is 0.545. The third-order valence-corrected chi connectivity index (χ3v) is 2.71. The van der Waals surface area contributed by atoms with E-state index in [1.54, 1.807) is 12.3 Å². The second kappa shape index (κ2) is 5.42. The van der Waals surface area contributed by atoms with Crippen LogP contribution in [0.15, 0.2) is 12.3 Å². The van der Waals surface area contributed by atoms with Gasteiger partial charge in [-0.2, -0.15) is 5.26 Å². The molecular weight excluding hydrogens is 202 g/mol. The van der Waals surface area contributed by atoms with Gasteiger partial charge in [-0.25, -0.2) is 9.97 Å². The van der Waals surface area contributed by atoms with Gasteiger partial charge in [-0.1, -0.05) is 0 Å². The Hall–Kier alpha value is -1.67. The quantitative estimate of drug-likeness (QED) is 0.784. The van der Waals surface area contributed by atoms with Gasteiger partial charge in [0.25, 0.3) is 0 Å². The van der Waals surface area contributed by atoms with Crippen molar-refractivity contribution in [3.05, 3.63) is 18.0 Å². The molecule has 1 fully saturated rings. The van der Waals surface area contributed by atoms with Gasteiger partial charge in [-0.15, -0.1) is 0 Å². The molecule has 1 unspecified atom stereocenters. The maximum atomic E-state index is 8.68. The van der Waals surface area contributed by atoms with Crippen LogP contribution >= 0.6 is 0 Å². The fourth-order valence-electron chi connectivity index (χ4n) is 1.87. The molecule has 2 N–H and O–H groups in total. The van der Waals surface area contributed by atoms with Crippen LogP contribution in [0, 0.1) is 11.3 Å². The molecule has 5 nitrogen and oxygen atoms in total. The molecule has 84 valence electrons. The minimum absolute atomic E-state index is 0.400. The van der Waals surface area contributed by atoms with Gasteiger partial charge in [0.2, 0.25) is 5.95 Å². The third-order valence-electron chi connectivity index (χ3n) is 2.71. The molecule has 0 radical (unpaired) electrons. The highest BCUT2D eigenvalue weighted by Gasteiger charge is 2.12. The molecule has 2 rings (SSSR count). The summed E-state index contributed by atoms with van der Waals surface area (Å²) >= 11 is 0. The summed E-state index contributed by atoms with van der Waals surface area (Å²) in [4.78, 5) is 8.11. The number of nitriles is 1. The predicted octanol–water partition coefficient (Wildman–Crippen LogP) is 0.902. The highest BCUT2D eigenvalue weighted by atomic mass is 15.1. The van der Waals surface area contributed by atoms with Crippen molar-refractivity contribution in [3.63, 3.8) is 0 Å². The molecule has 0 aromatic carbocycles. The van der Waals surface area contributed by atoms with E-state index in [2.05, 4.69) is 20.6 Å². The lowest BCUT2D eigenvalue weighted by atomic mass is 10.1. The second-order valence-corrected chi connectivity index (χ2v) is 3.89. The molecule has 1 atom stereocenters. The molecule has 1 saturated heterocycles. The van der Waals surface area contributed by atoms with Crippen molar-refractivity contribution in [1.82, 2.24) is 15.3 Å². The van der Waals surface area contributed by atoms with Crippen LogP contribution in [0.2, 0.25) is 0 Å². The highest BCUT2D eigenvalue weighted by molar-refractivity contribution is 5.29. The average molecular weight is 217 g/mol. The standard InChI is InChI=1S/C11H15N5/c12-8-10-4-7-15-11(16-10)14-6-3-9-2-1-5-13-9/h4,7,9,13H,1-3,5-6H2,(H,14,15,16). The average Bonchev–Trinajstić information content (AvgIpc) is 2.82. The lowest BCUT2D eigenvalue weighted by Gasteiger charge is -2.10. The number of rotatable bonds is 4. The monoisotopic (exact) mass is 217 g/mol. The number of anilines is 1. The Morgan fingerprint density at radius 1 is 1.62 bits per heavy atom. The summed E-state index contributed by atoms with van der Waals surface area (Å²) in [5, 5.41) is 15.2. The van der Waals surface area contributed by atoms with Crippen LogP contribution < -0.4 is 10.6 Å². The maximum absolute atomic E-state index is 8.68. The first-order valence-corrected chi connectivity index (χ1v) is 5.59. The van der Waals surface area contributed by atoms with Crippen LogP contribution in [-0.2, 0) is 0 Å². The third kappa shape index (κ3) is 2.91. The Kier molecular flexibility index (Phi) is 3.67. The number of hydrogen-bond donors (Lipinski definition) is 2. The van der Waals surface area contributed by atoms with E-state index in [0.717, 1.165) is 19.5 Å². The molecule has 0 aliphatic carbocycles. The van der Waals surface area contributed by atoms with Crippen molar-refractivity contribution >= 4 is 5.95 Å². The van der Waals surface area contributed by atoms with Crippen LogP contribution in [0.3, 0.4) is 0 Å². The molecule has 0 bridgehead atoms. The summed E-state index contributed by atoms with van der Waals surface area (Å²) in [6.45, 7) is 1.97. The molecule has 0 saturated carbocycles. The zero-order valence-electron chi connectivity index (χ0n) is 9.11. The van der Waals surface area contributed by atoms with Crippen molar-refractivity contribution < 1.29 is 0 Å². The largest absolute Gasteiger partial charge is 0.354 e. The van der Waals surface area contributed by atoms with Gasteiger partial charge in [-0.3, -0.25) is 0 Å². The zero-order valence-corrected chi connectivity index (χ0v) is 9.11. The second-order valence-electron chi connectivity index (χ2n) is 3.89. The van der Waals surface area contributed by atoms with Crippen molar-refractivity contribution in [2.24, 2.45) is 0 Å². The van der Waals surface area contributed by atoms with Crippen LogP contribution in [0.5, 0.6) is 0 Å². The first-order chi connectivity index (χ1) is 7.88. The van der Waals surface area contributed by atoms with Gasteiger partial charge < -0.3 is 10.6 Å². The minimum atomic E-state index is 0.400. The topological polar surface area (TPSA) is 73.6 Å². The Morgan fingerprint density at radius 3 is 3.31 bits per heavy atom. The number of nitrogens with one attached hydrogen (secondary N) is 2. The number of hydrogen-bond acceptors (Lipinski definition) is 5. The summed E-state index contributed by atoms with van der Waals surface area (Å²) in [7, 11) is 0. The molecule has 1 aliphatic heterocycles. The van der Waals surface area contributed by atoms with Crippen LogP contribution in [0.4, 0.5) is 5.95 Å². The minimum Gasteiger partial charge on any atom is -0.354 e. The predicted molar refractivity (Wildman–Crippen MR) is 60.9 cm³/mol. The summed E-state index contributed by atoms with van der Waals surface area (Å²) in [5.74, 6) is 0.539. The van der Waals surface area contributed by atoms with Gasteiger partial charge >= 0.3 is 0 Å². The Morgan fingerprint density at radius 2 is 2.56 bits per heavy atom. The van der Waals surface area contributed by atoms with Crippen molar-refractivity contribution in [2.75, 3.05) is 18.4 Å². The summed E-state index contributed by atoms with van der Waals surface area (Å²) in [5.41, 5.74) is 0.400. The Balaban J connectivity index is 1.78. The van der Waals surface area contributed by atoms with Gasteiger partial charge in [-0.05, 0) is 31.9 Å². The summed E-state index contributed by atoms with van der Waals surface area (Å²) in [6.07, 6.45) is 5.19. The van der Waals surface area contributed by atoms with E-state index in [4.69, 9.17) is 5.26 Å². The summed E-state index contributed by atoms with van der Waals surface area (Å²) in [6, 6.07) is 4.21. The normalized spacial score (nSPS) is 19.3. The Bertz CT molecular complexity index is 378. The van der Waals surface area contributed by atoms with E-state index in [1.165, 1.54) is 12.8 Å². The lowest BCUT2D eigenvalue weighted by Crippen LogP contribution is -2.24. The first kappa shape index (κ1) is 10.8. The van der Waals surface area contributed by atoms with Crippen molar-refractivity contribution in [3.8, 4) is 6.07 Å². The first-order valence-electron chi connectivity index (χ1n) is 5.59. The van der Waals surface area contributed by atoms with E-state index >= 15 is 0 Å².